The second-order valence-corrected chi connectivity index (χ2v) is 8.10. The summed E-state index contributed by atoms with van der Waals surface area (Å²) in [5.41, 5.74) is 5.12. The molecule has 2 heterocycles. The van der Waals surface area contributed by atoms with Crippen LogP contribution < -0.4 is 27.0 Å². The number of benzene rings is 1. The fourth-order valence-electron chi connectivity index (χ4n) is 2.44. The van der Waals surface area contributed by atoms with Crippen molar-refractivity contribution >= 4 is 45.5 Å². The second-order valence-electron chi connectivity index (χ2n) is 5.90. The maximum Gasteiger partial charge on any atom is 0.332 e. The predicted molar refractivity (Wildman–Crippen MR) is 113 cm³/mol. The summed E-state index contributed by atoms with van der Waals surface area (Å²) in [7, 11) is 4.30. The molecule has 0 saturated carbocycles. The smallest absolute Gasteiger partial charge is 0.332 e. The summed E-state index contributed by atoms with van der Waals surface area (Å²) < 4.78 is 7.59. The maximum atomic E-state index is 12.5. The molecule has 0 aliphatic heterocycles. The molecule has 0 radical (unpaired) electrons. The van der Waals surface area contributed by atoms with Gasteiger partial charge in [-0.05, 0) is 24.3 Å². The number of rotatable bonds is 7. The normalized spacial score (nSPS) is 10.7. The summed E-state index contributed by atoms with van der Waals surface area (Å²) in [6.45, 7) is 0. The van der Waals surface area contributed by atoms with Crippen molar-refractivity contribution in [3.63, 3.8) is 0 Å². The van der Waals surface area contributed by atoms with Crippen molar-refractivity contribution in [3.8, 4) is 5.75 Å². The van der Waals surface area contributed by atoms with Crippen LogP contribution in [0.15, 0.2) is 38.2 Å². The van der Waals surface area contributed by atoms with E-state index >= 15 is 0 Å². The van der Waals surface area contributed by atoms with Gasteiger partial charge in [-0.15, -0.1) is 10.2 Å². The van der Waals surface area contributed by atoms with Crippen LogP contribution in [0, 0.1) is 0 Å². The fraction of sp³-hybridized carbons (Fsp3) is 0.235. The van der Waals surface area contributed by atoms with Gasteiger partial charge >= 0.3 is 5.69 Å². The lowest BCUT2D eigenvalue weighted by Gasteiger charge is -2.10. The number of nitrogens with two attached hydrogens (primary N) is 1. The summed E-state index contributed by atoms with van der Waals surface area (Å²) >= 11 is 2.41. The highest BCUT2D eigenvalue weighted by Crippen LogP contribution is 2.28. The number of ether oxygens (including phenoxy) is 1. The molecule has 0 unspecified atom stereocenters. The third-order valence-corrected chi connectivity index (χ3v) is 6.04. The van der Waals surface area contributed by atoms with Crippen molar-refractivity contribution in [2.45, 2.75) is 4.34 Å². The minimum Gasteiger partial charge on any atom is -0.497 e. The highest BCUT2D eigenvalue weighted by molar-refractivity contribution is 8.01. The van der Waals surface area contributed by atoms with Gasteiger partial charge in [0, 0.05) is 19.8 Å². The molecule has 2 aromatic heterocycles. The van der Waals surface area contributed by atoms with Crippen molar-refractivity contribution < 1.29 is 9.53 Å². The average molecular weight is 435 g/mol. The molecule has 0 aliphatic carbocycles. The zero-order chi connectivity index (χ0) is 21.1. The first-order valence-electron chi connectivity index (χ1n) is 8.28. The molecule has 0 fully saturated rings. The van der Waals surface area contributed by atoms with Gasteiger partial charge in [0.15, 0.2) is 10.1 Å². The molecule has 3 rings (SSSR count). The topological polar surface area (TPSA) is 134 Å². The Balaban J connectivity index is 1.69. The number of methoxy groups -OCH3 is 1. The number of aromatic nitrogens is 4. The fourth-order valence-corrected chi connectivity index (χ4v) is 4.08. The highest BCUT2D eigenvalue weighted by Gasteiger charge is 2.20. The number of carbonyl (C=O) groups is 1. The Morgan fingerprint density at radius 2 is 1.90 bits per heavy atom. The lowest BCUT2D eigenvalue weighted by Crippen LogP contribution is -2.41. The molecule has 0 saturated heterocycles. The van der Waals surface area contributed by atoms with Crippen LogP contribution in [0.2, 0.25) is 0 Å². The van der Waals surface area contributed by atoms with Gasteiger partial charge in [0.05, 0.1) is 12.9 Å². The van der Waals surface area contributed by atoms with E-state index in [-0.39, 0.29) is 17.1 Å². The van der Waals surface area contributed by atoms with E-state index in [0.717, 1.165) is 32.3 Å². The van der Waals surface area contributed by atoms with E-state index in [2.05, 4.69) is 15.5 Å². The number of Topliss-reactive ketones (excluding diaryl/α,β-unsaturated/α-hetero) is 1. The number of hydrogen-bond acceptors (Lipinski definition) is 10. The molecule has 0 bridgehead atoms. The monoisotopic (exact) mass is 434 g/mol. The van der Waals surface area contributed by atoms with Crippen molar-refractivity contribution in [1.82, 2.24) is 19.3 Å². The van der Waals surface area contributed by atoms with Crippen LogP contribution in [0.4, 0.5) is 16.6 Å². The Morgan fingerprint density at radius 1 is 1.21 bits per heavy atom. The average Bonchev–Trinajstić information content (AvgIpc) is 3.17. The molecule has 0 spiro atoms. The molecule has 29 heavy (non-hydrogen) atoms. The van der Waals surface area contributed by atoms with Gasteiger partial charge in [-0.25, -0.2) is 4.79 Å². The van der Waals surface area contributed by atoms with Gasteiger partial charge in [0.2, 0.25) is 5.13 Å². The van der Waals surface area contributed by atoms with Crippen LogP contribution in [0.25, 0.3) is 0 Å². The summed E-state index contributed by atoms with van der Waals surface area (Å²) in [4.78, 5) is 36.6. The van der Waals surface area contributed by atoms with E-state index in [1.54, 1.807) is 7.11 Å². The van der Waals surface area contributed by atoms with Crippen LogP contribution in [0.5, 0.6) is 5.75 Å². The van der Waals surface area contributed by atoms with E-state index in [9.17, 15) is 14.4 Å². The van der Waals surface area contributed by atoms with E-state index in [1.165, 1.54) is 25.4 Å². The number of hydrogen-bond donors (Lipinski definition) is 2. The van der Waals surface area contributed by atoms with Gasteiger partial charge < -0.3 is 15.8 Å². The minimum atomic E-state index is -0.713. The maximum absolute atomic E-state index is 12.5. The Hall–Kier alpha value is -3.12. The molecule has 3 N–H and O–H groups in total. The molecular formula is C17H18N6O4S2. The molecule has 0 atom stereocenters. The quantitative estimate of drug-likeness (QED) is 0.416. The Morgan fingerprint density at radius 3 is 2.55 bits per heavy atom. The zero-order valence-corrected chi connectivity index (χ0v) is 17.5. The first-order chi connectivity index (χ1) is 13.8. The van der Waals surface area contributed by atoms with Gasteiger partial charge in [0.1, 0.15) is 17.1 Å². The third kappa shape index (κ3) is 4.32. The third-order valence-electron chi connectivity index (χ3n) is 4.06. The number of nitrogen functional groups attached to an aromatic ring is 1. The summed E-state index contributed by atoms with van der Waals surface area (Å²) in [5.74, 6) is 0.0484. The number of nitrogens with zero attached hydrogens (tertiary/aromatic N) is 4. The van der Waals surface area contributed by atoms with Crippen LogP contribution in [-0.2, 0) is 14.1 Å². The van der Waals surface area contributed by atoms with Crippen molar-refractivity contribution in [3.05, 3.63) is 50.7 Å². The van der Waals surface area contributed by atoms with Crippen molar-refractivity contribution in [1.29, 1.82) is 0 Å². The van der Waals surface area contributed by atoms with E-state index < -0.39 is 17.0 Å². The second kappa shape index (κ2) is 8.49. The summed E-state index contributed by atoms with van der Waals surface area (Å²) in [6.07, 6.45) is 0. The number of ketones is 1. The number of nitrogens with one attached hydrogen (secondary N) is 1. The Kier molecular flexibility index (Phi) is 6.03. The zero-order valence-electron chi connectivity index (χ0n) is 15.8. The molecule has 152 valence electrons. The Labute approximate surface area is 173 Å². The SMILES string of the molecule is COc1ccc(Nc2nnc(SCC(=O)c3c(N)n(C)c(=O)n(C)c3=O)s2)cc1. The van der Waals surface area contributed by atoms with Crippen LogP contribution in [0.3, 0.4) is 0 Å². The summed E-state index contributed by atoms with van der Waals surface area (Å²) in [6, 6.07) is 7.31. The highest BCUT2D eigenvalue weighted by atomic mass is 32.2. The summed E-state index contributed by atoms with van der Waals surface area (Å²) in [5, 5.41) is 11.7. The minimum absolute atomic E-state index is 0.0607. The lowest BCUT2D eigenvalue weighted by molar-refractivity contribution is 0.102. The number of anilines is 3. The van der Waals surface area contributed by atoms with Crippen molar-refractivity contribution in [2.24, 2.45) is 14.1 Å². The van der Waals surface area contributed by atoms with E-state index in [4.69, 9.17) is 10.5 Å². The molecule has 12 heteroatoms. The molecule has 3 aromatic rings. The largest absolute Gasteiger partial charge is 0.497 e. The first-order valence-corrected chi connectivity index (χ1v) is 10.1. The van der Waals surface area contributed by atoms with Crippen LogP contribution in [-0.4, -0.2) is 38.0 Å². The number of carbonyl (C=O) groups excluding carboxylic acids is 1. The molecule has 0 amide bonds. The van der Waals surface area contributed by atoms with Crippen LogP contribution in [0.1, 0.15) is 10.4 Å². The first kappa shape index (κ1) is 20.6. The predicted octanol–water partition coefficient (Wildman–Crippen LogP) is 1.24. The molecule has 10 nitrogen and oxygen atoms in total. The molecule has 1 aromatic carbocycles. The Bertz CT molecular complexity index is 1170. The van der Waals surface area contributed by atoms with Gasteiger partial charge in [-0.2, -0.15) is 0 Å². The van der Waals surface area contributed by atoms with E-state index in [1.807, 2.05) is 24.3 Å². The van der Waals surface area contributed by atoms with Gasteiger partial charge in [-0.3, -0.25) is 18.7 Å². The van der Waals surface area contributed by atoms with Crippen molar-refractivity contribution in [2.75, 3.05) is 23.9 Å². The standard InChI is InChI=1S/C17H18N6O4S2/c1-22-13(18)12(14(25)23(2)17(22)26)11(24)8-28-16-21-20-15(29-16)19-9-4-6-10(27-3)7-5-9/h4-7H,8,18H2,1-3H3,(H,19,20). The van der Waals surface area contributed by atoms with Crippen LogP contribution >= 0.6 is 23.1 Å². The molecule has 0 aliphatic rings. The lowest BCUT2D eigenvalue weighted by atomic mass is 10.2. The van der Waals surface area contributed by atoms with E-state index in [0.29, 0.717) is 9.47 Å². The molecular weight excluding hydrogens is 416 g/mol. The van der Waals surface area contributed by atoms with Gasteiger partial charge in [0.25, 0.3) is 5.56 Å². The van der Waals surface area contributed by atoms with Gasteiger partial charge in [-0.1, -0.05) is 23.1 Å². The number of thioether (sulfide) groups is 1.